The van der Waals surface area contributed by atoms with Gasteiger partial charge in [0.25, 0.3) is 5.91 Å². The van der Waals surface area contributed by atoms with E-state index < -0.39 is 0 Å². The van der Waals surface area contributed by atoms with Crippen LogP contribution in [-0.2, 0) is 13.0 Å². The van der Waals surface area contributed by atoms with Crippen molar-refractivity contribution in [3.05, 3.63) is 17.0 Å². The average Bonchev–Trinajstić information content (AvgIpc) is 2.93. The van der Waals surface area contributed by atoms with Gasteiger partial charge in [0.1, 0.15) is 0 Å². The molecule has 2 aliphatic rings. The van der Waals surface area contributed by atoms with Crippen LogP contribution in [0.4, 0.5) is 0 Å². The van der Waals surface area contributed by atoms with Crippen molar-refractivity contribution >= 4 is 18.3 Å². The van der Waals surface area contributed by atoms with Crippen LogP contribution < -0.4 is 10.6 Å². The van der Waals surface area contributed by atoms with E-state index >= 15 is 0 Å². The largest absolute Gasteiger partial charge is 0.348 e. The number of H-pyrrole nitrogens is 1. The lowest BCUT2D eigenvalue weighted by Crippen LogP contribution is -2.38. The Morgan fingerprint density at radius 1 is 1.32 bits per heavy atom. The van der Waals surface area contributed by atoms with Crippen LogP contribution in [0.1, 0.15) is 67.2 Å². The molecule has 0 unspecified atom stereocenters. The van der Waals surface area contributed by atoms with Crippen molar-refractivity contribution in [3.63, 3.8) is 0 Å². The van der Waals surface area contributed by atoms with Gasteiger partial charge in [-0.2, -0.15) is 5.10 Å². The molecule has 1 saturated carbocycles. The summed E-state index contributed by atoms with van der Waals surface area (Å²) in [5.74, 6) is 0.862. The maximum absolute atomic E-state index is 12.4. The molecule has 22 heavy (non-hydrogen) atoms. The Morgan fingerprint density at radius 3 is 2.82 bits per heavy atom. The van der Waals surface area contributed by atoms with Gasteiger partial charge in [0.2, 0.25) is 0 Å². The van der Waals surface area contributed by atoms with E-state index in [-0.39, 0.29) is 18.3 Å². The van der Waals surface area contributed by atoms with Gasteiger partial charge in [-0.15, -0.1) is 12.4 Å². The minimum atomic E-state index is -0.00450. The van der Waals surface area contributed by atoms with Crippen LogP contribution in [0, 0.1) is 5.92 Å². The molecule has 1 aliphatic carbocycles. The van der Waals surface area contributed by atoms with Crippen LogP contribution in [0.25, 0.3) is 0 Å². The second-order valence-electron chi connectivity index (χ2n) is 6.44. The molecule has 2 heterocycles. The Bertz CT molecular complexity index is 494. The number of aromatic nitrogens is 2. The number of fused-ring (bicyclic) bond motifs is 1. The van der Waals surface area contributed by atoms with Crippen molar-refractivity contribution in [3.8, 4) is 0 Å². The topological polar surface area (TPSA) is 69.8 Å². The first-order valence-corrected chi connectivity index (χ1v) is 8.35. The Kier molecular flexibility index (Phi) is 6.26. The number of aromatic amines is 1. The quantitative estimate of drug-likeness (QED) is 0.796. The molecular weight excluding hydrogens is 300 g/mol. The first-order valence-electron chi connectivity index (χ1n) is 8.35. The normalized spacial score (nSPS) is 24.2. The number of carbonyl (C=O) groups excluding carboxylic acids is 1. The SMILES string of the molecule is CCCC1CCC(NC(=O)c2n[nH]c3c2CNCC3)CC1.Cl. The molecule has 1 aromatic heterocycles. The molecule has 0 saturated heterocycles. The smallest absolute Gasteiger partial charge is 0.272 e. The van der Waals surface area contributed by atoms with Gasteiger partial charge < -0.3 is 10.6 Å². The summed E-state index contributed by atoms with van der Waals surface area (Å²) < 4.78 is 0. The molecule has 1 fully saturated rings. The van der Waals surface area contributed by atoms with E-state index in [1.807, 2.05) is 0 Å². The van der Waals surface area contributed by atoms with Crippen molar-refractivity contribution in [1.29, 1.82) is 0 Å². The molecule has 0 spiro atoms. The molecule has 3 N–H and O–H groups in total. The molecule has 0 atom stereocenters. The molecule has 1 amide bonds. The maximum Gasteiger partial charge on any atom is 0.272 e. The zero-order valence-corrected chi connectivity index (χ0v) is 14.1. The average molecular weight is 327 g/mol. The van der Waals surface area contributed by atoms with Crippen LogP contribution >= 0.6 is 12.4 Å². The number of rotatable bonds is 4. The van der Waals surface area contributed by atoms with Crippen molar-refractivity contribution in [2.75, 3.05) is 6.54 Å². The monoisotopic (exact) mass is 326 g/mol. The highest BCUT2D eigenvalue weighted by Crippen LogP contribution is 2.28. The lowest BCUT2D eigenvalue weighted by Gasteiger charge is -2.28. The first-order chi connectivity index (χ1) is 10.3. The van der Waals surface area contributed by atoms with E-state index in [0.29, 0.717) is 11.7 Å². The van der Waals surface area contributed by atoms with E-state index in [1.165, 1.54) is 25.7 Å². The minimum absolute atomic E-state index is 0. The van der Waals surface area contributed by atoms with Gasteiger partial charge in [-0.3, -0.25) is 9.89 Å². The van der Waals surface area contributed by atoms with Crippen molar-refractivity contribution < 1.29 is 4.79 Å². The predicted molar refractivity (Wildman–Crippen MR) is 89.4 cm³/mol. The van der Waals surface area contributed by atoms with Crippen LogP contribution in [0.5, 0.6) is 0 Å². The fourth-order valence-electron chi connectivity index (χ4n) is 3.67. The van der Waals surface area contributed by atoms with Crippen LogP contribution in [0.15, 0.2) is 0 Å². The second kappa shape index (κ2) is 7.97. The summed E-state index contributed by atoms with van der Waals surface area (Å²) >= 11 is 0. The van der Waals surface area contributed by atoms with Gasteiger partial charge in [0.15, 0.2) is 5.69 Å². The summed E-state index contributed by atoms with van der Waals surface area (Å²) in [6.07, 6.45) is 8.26. The first kappa shape index (κ1) is 17.3. The number of hydrogen-bond acceptors (Lipinski definition) is 3. The summed E-state index contributed by atoms with van der Waals surface area (Å²) in [6, 6.07) is 0.328. The lowest BCUT2D eigenvalue weighted by atomic mass is 9.83. The number of nitrogens with zero attached hydrogens (tertiary/aromatic N) is 1. The zero-order chi connectivity index (χ0) is 14.7. The standard InChI is InChI=1S/C16H26N4O.ClH/c1-2-3-11-4-6-12(7-5-11)18-16(21)15-13-10-17-9-8-14(13)19-20-15;/h11-12,17H,2-10H2,1H3,(H,18,21)(H,19,20);1H. The van der Waals surface area contributed by atoms with Crippen LogP contribution in [-0.4, -0.2) is 28.7 Å². The van der Waals surface area contributed by atoms with Gasteiger partial charge in [-0.25, -0.2) is 0 Å². The Hall–Kier alpha value is -1.07. The minimum Gasteiger partial charge on any atom is -0.348 e. The third-order valence-corrected chi connectivity index (χ3v) is 4.90. The molecule has 6 heteroatoms. The highest BCUT2D eigenvalue weighted by atomic mass is 35.5. The predicted octanol–water partition coefficient (Wildman–Crippen LogP) is 2.57. The molecule has 0 aromatic carbocycles. The summed E-state index contributed by atoms with van der Waals surface area (Å²) in [5, 5.41) is 13.7. The fourth-order valence-corrected chi connectivity index (χ4v) is 3.67. The number of amides is 1. The third kappa shape index (κ3) is 3.82. The highest BCUT2D eigenvalue weighted by molar-refractivity contribution is 5.94. The van der Waals surface area contributed by atoms with Gasteiger partial charge in [-0.1, -0.05) is 19.8 Å². The zero-order valence-electron chi connectivity index (χ0n) is 13.3. The number of carbonyl (C=O) groups is 1. The molecule has 3 rings (SSSR count). The molecule has 1 aliphatic heterocycles. The highest BCUT2D eigenvalue weighted by Gasteiger charge is 2.26. The van der Waals surface area contributed by atoms with Crippen molar-refractivity contribution in [2.24, 2.45) is 5.92 Å². The van der Waals surface area contributed by atoms with Crippen LogP contribution in [0.3, 0.4) is 0 Å². The van der Waals surface area contributed by atoms with Gasteiger partial charge in [0, 0.05) is 36.8 Å². The third-order valence-electron chi connectivity index (χ3n) is 4.90. The van der Waals surface area contributed by atoms with Crippen LogP contribution in [0.2, 0.25) is 0 Å². The van der Waals surface area contributed by atoms with Gasteiger partial charge in [0.05, 0.1) is 0 Å². The summed E-state index contributed by atoms with van der Waals surface area (Å²) in [7, 11) is 0. The van der Waals surface area contributed by atoms with E-state index in [0.717, 1.165) is 49.5 Å². The van der Waals surface area contributed by atoms with Gasteiger partial charge in [-0.05, 0) is 31.6 Å². The van der Waals surface area contributed by atoms with Crippen molar-refractivity contribution in [2.45, 2.75) is 64.5 Å². The van der Waals surface area contributed by atoms with E-state index in [4.69, 9.17) is 0 Å². The molecule has 0 radical (unpaired) electrons. The van der Waals surface area contributed by atoms with Gasteiger partial charge >= 0.3 is 0 Å². The Balaban J connectivity index is 0.00000176. The maximum atomic E-state index is 12.4. The Morgan fingerprint density at radius 2 is 2.09 bits per heavy atom. The number of hydrogen-bond donors (Lipinski definition) is 3. The van der Waals surface area contributed by atoms with Crippen molar-refractivity contribution in [1.82, 2.24) is 20.8 Å². The molecule has 124 valence electrons. The molecule has 0 bridgehead atoms. The van der Waals surface area contributed by atoms with E-state index in [1.54, 1.807) is 0 Å². The summed E-state index contributed by atoms with van der Waals surface area (Å²) in [6.45, 7) is 3.96. The summed E-state index contributed by atoms with van der Waals surface area (Å²) in [4.78, 5) is 12.4. The summed E-state index contributed by atoms with van der Waals surface area (Å²) in [5.41, 5.74) is 2.76. The molecule has 5 nitrogen and oxygen atoms in total. The lowest BCUT2D eigenvalue weighted by molar-refractivity contribution is 0.0915. The van der Waals surface area contributed by atoms with E-state index in [9.17, 15) is 4.79 Å². The molecule has 1 aromatic rings. The van der Waals surface area contributed by atoms with E-state index in [2.05, 4.69) is 27.8 Å². The number of nitrogens with one attached hydrogen (secondary N) is 3. The fraction of sp³-hybridized carbons (Fsp3) is 0.750. The Labute approximate surface area is 138 Å². The molecular formula is C16H27ClN4O. The number of halogens is 1. The second-order valence-corrected chi connectivity index (χ2v) is 6.44.